The van der Waals surface area contributed by atoms with Crippen LogP contribution < -0.4 is 5.43 Å². The minimum atomic E-state index is -0.516. The summed E-state index contributed by atoms with van der Waals surface area (Å²) in [7, 11) is 1.30. The molecule has 0 fully saturated rings. The molecule has 1 N–H and O–H groups in total. The summed E-state index contributed by atoms with van der Waals surface area (Å²) in [6.07, 6.45) is 4.09. The molecule has 5 heteroatoms. The molecule has 0 saturated heterocycles. The zero-order chi connectivity index (χ0) is 7.40. The maximum atomic E-state index is 10.5. The summed E-state index contributed by atoms with van der Waals surface area (Å²) in [6, 6.07) is 0. The summed E-state index contributed by atoms with van der Waals surface area (Å²) in [5.74, 6) is 0. The van der Waals surface area contributed by atoms with Crippen LogP contribution in [0, 0.1) is 0 Å². The largest absolute Gasteiger partial charge is 0.452 e. The number of nitrogens with zero attached hydrogens (tertiary/aromatic N) is 2. The zero-order valence-corrected chi connectivity index (χ0v) is 5.44. The molecule has 1 rings (SSSR count). The predicted molar refractivity (Wildman–Crippen MR) is 34.0 cm³/mol. The highest BCUT2D eigenvalue weighted by Crippen LogP contribution is 1.80. The number of imidazole rings is 1. The second-order valence-corrected chi connectivity index (χ2v) is 1.57. The molecule has 0 saturated carbocycles. The number of methoxy groups -OCH3 is 1. The topological polar surface area (TPSA) is 56.1 Å². The lowest BCUT2D eigenvalue weighted by atomic mass is 10.9. The molecule has 10 heavy (non-hydrogen) atoms. The lowest BCUT2D eigenvalue weighted by molar-refractivity contribution is 0.183. The summed E-state index contributed by atoms with van der Waals surface area (Å²) in [5, 5.41) is 0. The Morgan fingerprint density at radius 3 is 3.10 bits per heavy atom. The fraction of sp³-hybridized carbons (Fsp3) is 0.200. The summed E-state index contributed by atoms with van der Waals surface area (Å²) in [5.41, 5.74) is 2.36. The van der Waals surface area contributed by atoms with Crippen molar-refractivity contribution in [2.45, 2.75) is 0 Å². The second kappa shape index (κ2) is 2.86. The Kier molecular flexibility index (Phi) is 1.89. The SMILES string of the molecule is COC(=O)Nn1ccnc1. The lowest BCUT2D eigenvalue weighted by Gasteiger charge is -2.01. The number of carbonyl (C=O) groups excluding carboxylic acids is 1. The third-order valence-corrected chi connectivity index (χ3v) is 0.910. The van der Waals surface area contributed by atoms with Gasteiger partial charge in [0.1, 0.15) is 6.33 Å². The molecule has 0 bridgehead atoms. The number of hydrogen-bond acceptors (Lipinski definition) is 3. The molecule has 1 heterocycles. The van der Waals surface area contributed by atoms with E-state index in [1.807, 2.05) is 0 Å². The van der Waals surface area contributed by atoms with E-state index in [4.69, 9.17) is 0 Å². The van der Waals surface area contributed by atoms with Gasteiger partial charge in [0.05, 0.1) is 7.11 Å². The molecule has 0 aliphatic carbocycles. The Morgan fingerprint density at radius 1 is 1.80 bits per heavy atom. The summed E-state index contributed by atoms with van der Waals surface area (Å²) in [4.78, 5) is 14.2. The molecule has 1 amide bonds. The van der Waals surface area contributed by atoms with Gasteiger partial charge in [-0.05, 0) is 0 Å². The first-order valence-corrected chi connectivity index (χ1v) is 2.66. The van der Waals surface area contributed by atoms with Gasteiger partial charge >= 0.3 is 6.09 Å². The third kappa shape index (κ3) is 1.48. The Bertz CT molecular complexity index is 207. The van der Waals surface area contributed by atoms with Crippen LogP contribution in [0.1, 0.15) is 0 Å². The normalized spacial score (nSPS) is 8.90. The van der Waals surface area contributed by atoms with Gasteiger partial charge in [-0.25, -0.2) is 19.9 Å². The lowest BCUT2D eigenvalue weighted by Crippen LogP contribution is -2.20. The minimum Gasteiger partial charge on any atom is -0.452 e. The van der Waals surface area contributed by atoms with E-state index >= 15 is 0 Å². The second-order valence-electron chi connectivity index (χ2n) is 1.57. The minimum absolute atomic E-state index is 0.516. The van der Waals surface area contributed by atoms with Crippen molar-refractivity contribution < 1.29 is 9.53 Å². The first kappa shape index (κ1) is 6.60. The van der Waals surface area contributed by atoms with E-state index in [0.717, 1.165) is 0 Å². The first-order chi connectivity index (χ1) is 4.83. The van der Waals surface area contributed by atoms with Crippen LogP contribution in [-0.2, 0) is 4.74 Å². The van der Waals surface area contributed by atoms with Gasteiger partial charge in [-0.1, -0.05) is 0 Å². The molecular formula is C5H7N3O2. The summed E-state index contributed by atoms with van der Waals surface area (Å²) >= 11 is 0. The summed E-state index contributed by atoms with van der Waals surface area (Å²) in [6.45, 7) is 0. The molecule has 0 radical (unpaired) electrons. The van der Waals surface area contributed by atoms with Gasteiger partial charge in [-0.15, -0.1) is 0 Å². The van der Waals surface area contributed by atoms with Crippen LogP contribution in [0.15, 0.2) is 18.7 Å². The van der Waals surface area contributed by atoms with Crippen LogP contribution >= 0.6 is 0 Å². The van der Waals surface area contributed by atoms with Crippen molar-refractivity contribution in [3.05, 3.63) is 18.7 Å². The monoisotopic (exact) mass is 141 g/mol. The van der Waals surface area contributed by atoms with Gasteiger partial charge in [0.2, 0.25) is 0 Å². The van der Waals surface area contributed by atoms with Crippen LogP contribution in [0.2, 0.25) is 0 Å². The predicted octanol–water partition coefficient (Wildman–Crippen LogP) is 0.193. The fourth-order valence-electron chi connectivity index (χ4n) is 0.476. The van der Waals surface area contributed by atoms with Crippen molar-refractivity contribution in [1.29, 1.82) is 0 Å². The number of aromatic nitrogens is 2. The molecule has 0 aromatic carbocycles. The van der Waals surface area contributed by atoms with E-state index in [9.17, 15) is 4.79 Å². The molecule has 0 aliphatic rings. The van der Waals surface area contributed by atoms with Crippen molar-refractivity contribution in [3.63, 3.8) is 0 Å². The van der Waals surface area contributed by atoms with E-state index in [0.29, 0.717) is 0 Å². The quantitative estimate of drug-likeness (QED) is 0.607. The van der Waals surface area contributed by atoms with Crippen molar-refractivity contribution in [3.8, 4) is 0 Å². The van der Waals surface area contributed by atoms with Gasteiger partial charge in [0.15, 0.2) is 0 Å². The molecule has 1 aromatic rings. The Morgan fingerprint density at radius 2 is 2.60 bits per heavy atom. The molecule has 0 atom stereocenters. The molecule has 0 spiro atoms. The van der Waals surface area contributed by atoms with Crippen LogP contribution in [0.3, 0.4) is 0 Å². The molecule has 0 unspecified atom stereocenters. The number of amides is 1. The van der Waals surface area contributed by atoms with E-state index in [-0.39, 0.29) is 0 Å². The molecule has 1 aromatic heterocycles. The fourth-order valence-corrected chi connectivity index (χ4v) is 0.476. The van der Waals surface area contributed by atoms with Gasteiger partial charge in [-0.2, -0.15) is 0 Å². The van der Waals surface area contributed by atoms with Crippen LogP contribution in [-0.4, -0.2) is 22.9 Å². The number of nitrogens with one attached hydrogen (secondary N) is 1. The highest BCUT2D eigenvalue weighted by molar-refractivity contribution is 5.75. The Labute approximate surface area is 57.6 Å². The van der Waals surface area contributed by atoms with Crippen LogP contribution in [0.25, 0.3) is 0 Å². The first-order valence-electron chi connectivity index (χ1n) is 2.66. The smallest absolute Gasteiger partial charge is 0.426 e. The standard InChI is InChI=1S/C5H7N3O2/c1-10-5(9)7-8-3-2-6-4-8/h2-4H,1H3,(H,7,9). The van der Waals surface area contributed by atoms with E-state index in [2.05, 4.69) is 15.1 Å². The average Bonchev–Trinajstić information content (AvgIpc) is 2.40. The number of ether oxygens (including phenoxy) is 1. The highest BCUT2D eigenvalue weighted by atomic mass is 16.5. The van der Waals surface area contributed by atoms with Crippen molar-refractivity contribution in [1.82, 2.24) is 9.66 Å². The molecule has 0 aliphatic heterocycles. The van der Waals surface area contributed by atoms with Gasteiger partial charge in [0.25, 0.3) is 0 Å². The maximum Gasteiger partial charge on any atom is 0.426 e. The highest BCUT2D eigenvalue weighted by Gasteiger charge is 1.95. The number of rotatable bonds is 1. The molecular weight excluding hydrogens is 134 g/mol. The van der Waals surface area contributed by atoms with Gasteiger partial charge in [0, 0.05) is 12.4 Å². The van der Waals surface area contributed by atoms with E-state index in [1.165, 1.54) is 18.1 Å². The van der Waals surface area contributed by atoms with E-state index < -0.39 is 6.09 Å². The maximum absolute atomic E-state index is 10.5. The van der Waals surface area contributed by atoms with Gasteiger partial charge in [-0.3, -0.25) is 0 Å². The number of hydrogen-bond donors (Lipinski definition) is 1. The van der Waals surface area contributed by atoms with Gasteiger partial charge < -0.3 is 4.74 Å². The summed E-state index contributed by atoms with van der Waals surface area (Å²) < 4.78 is 5.72. The van der Waals surface area contributed by atoms with Crippen LogP contribution in [0.4, 0.5) is 4.79 Å². The third-order valence-electron chi connectivity index (χ3n) is 0.910. The molecule has 5 nitrogen and oxygen atoms in total. The Hall–Kier alpha value is -1.52. The zero-order valence-electron chi connectivity index (χ0n) is 5.44. The average molecular weight is 141 g/mol. The van der Waals surface area contributed by atoms with Crippen molar-refractivity contribution in [2.75, 3.05) is 12.5 Å². The van der Waals surface area contributed by atoms with E-state index in [1.54, 1.807) is 12.4 Å². The Balaban J connectivity index is 2.48. The van der Waals surface area contributed by atoms with Crippen molar-refractivity contribution in [2.24, 2.45) is 0 Å². The van der Waals surface area contributed by atoms with Crippen LogP contribution in [0.5, 0.6) is 0 Å². The molecule has 54 valence electrons. The van der Waals surface area contributed by atoms with Crippen molar-refractivity contribution >= 4 is 6.09 Å². The number of carbonyl (C=O) groups is 1.